The average Bonchev–Trinajstić information content (AvgIpc) is 3.87. The molecule has 5 aromatic heterocycles. The summed E-state index contributed by atoms with van der Waals surface area (Å²) in [5.41, 5.74) is 2.50. The van der Waals surface area contributed by atoms with Crippen molar-refractivity contribution in [2.45, 2.75) is 78.1 Å². The number of hydrogen-bond acceptors (Lipinski definition) is 6. The van der Waals surface area contributed by atoms with Crippen LogP contribution in [-0.4, -0.2) is 9.97 Å². The molecule has 0 aliphatic rings. The zero-order valence-corrected chi connectivity index (χ0v) is 32.2. The number of halogens is 4. The van der Waals surface area contributed by atoms with E-state index in [9.17, 15) is 0 Å². The molecular weight excluding hydrogens is 786 g/mol. The van der Waals surface area contributed by atoms with Gasteiger partial charge in [0.1, 0.15) is 22.4 Å². The van der Waals surface area contributed by atoms with Gasteiger partial charge in [0.05, 0.1) is 28.5 Å². The first kappa shape index (κ1) is 34.1. The Morgan fingerprint density at radius 1 is 0.522 bits per heavy atom. The Hall–Kier alpha value is -1.82. The van der Waals surface area contributed by atoms with Gasteiger partial charge in [0, 0.05) is 19.5 Å². The molecule has 5 heterocycles. The van der Waals surface area contributed by atoms with Crippen LogP contribution in [0.1, 0.15) is 75.0 Å². The molecular formula is C36H34Br2F2N2S4. The Morgan fingerprint density at radius 3 is 1.30 bits per heavy atom. The van der Waals surface area contributed by atoms with Gasteiger partial charge in [-0.2, -0.15) is 0 Å². The highest BCUT2D eigenvalue weighted by atomic mass is 79.9. The normalized spacial score (nSPS) is 11.7. The number of hydrogen-bond donors (Lipinski definition) is 0. The average molecular weight is 821 g/mol. The number of rotatable bonds is 14. The lowest BCUT2D eigenvalue weighted by atomic mass is 10.0. The number of aryl methyl sites for hydroxylation is 2. The van der Waals surface area contributed by atoms with Crippen LogP contribution in [0.2, 0.25) is 0 Å². The van der Waals surface area contributed by atoms with Crippen molar-refractivity contribution in [3.63, 3.8) is 0 Å². The molecule has 0 N–H and O–H groups in total. The van der Waals surface area contributed by atoms with Crippen LogP contribution in [0.15, 0.2) is 56.1 Å². The molecule has 0 spiro atoms. The second-order valence-electron chi connectivity index (χ2n) is 11.4. The van der Waals surface area contributed by atoms with Crippen molar-refractivity contribution >= 4 is 88.2 Å². The van der Waals surface area contributed by atoms with Crippen LogP contribution in [0.25, 0.3) is 53.1 Å². The van der Waals surface area contributed by atoms with E-state index < -0.39 is 11.6 Å². The van der Waals surface area contributed by atoms with Crippen molar-refractivity contribution in [3.05, 3.63) is 77.5 Å². The minimum Gasteiger partial charge on any atom is -0.242 e. The maximum Gasteiger partial charge on any atom is 0.170 e. The fraction of sp³-hybridized carbons (Fsp3) is 0.333. The van der Waals surface area contributed by atoms with Crippen LogP contribution in [0, 0.1) is 11.6 Å². The largest absolute Gasteiger partial charge is 0.242 e. The van der Waals surface area contributed by atoms with E-state index in [0.29, 0.717) is 20.8 Å². The van der Waals surface area contributed by atoms with E-state index in [-0.39, 0.29) is 11.1 Å². The third-order valence-electron chi connectivity index (χ3n) is 7.98. The summed E-state index contributed by atoms with van der Waals surface area (Å²) in [5.74, 6) is -1.80. The highest BCUT2D eigenvalue weighted by molar-refractivity contribution is 9.11. The quantitative estimate of drug-likeness (QED) is 0.102. The lowest BCUT2D eigenvalue weighted by molar-refractivity contribution is 0.515. The topological polar surface area (TPSA) is 25.8 Å². The van der Waals surface area contributed by atoms with Gasteiger partial charge >= 0.3 is 0 Å². The first-order valence-corrected chi connectivity index (χ1v) is 20.6. The molecule has 0 amide bonds. The number of unbranched alkanes of at least 4 members (excludes halogenated alkanes) is 6. The van der Waals surface area contributed by atoms with Crippen molar-refractivity contribution in [1.29, 1.82) is 0 Å². The lowest BCUT2D eigenvalue weighted by Crippen LogP contribution is -2.02. The van der Waals surface area contributed by atoms with Gasteiger partial charge in [-0.05, 0) is 106 Å². The van der Waals surface area contributed by atoms with Crippen molar-refractivity contribution < 1.29 is 8.78 Å². The summed E-state index contributed by atoms with van der Waals surface area (Å²) < 4.78 is 34.2. The molecule has 1 aromatic carbocycles. The smallest absolute Gasteiger partial charge is 0.170 e. The van der Waals surface area contributed by atoms with Gasteiger partial charge in [0.2, 0.25) is 0 Å². The van der Waals surface area contributed by atoms with E-state index in [1.807, 2.05) is 24.3 Å². The third kappa shape index (κ3) is 7.42. The van der Waals surface area contributed by atoms with Crippen molar-refractivity contribution in [3.8, 4) is 42.0 Å². The molecule has 46 heavy (non-hydrogen) atoms. The molecule has 6 aromatic rings. The summed E-state index contributed by atoms with van der Waals surface area (Å²) in [5, 5.41) is 0. The van der Waals surface area contributed by atoms with E-state index in [4.69, 9.17) is 9.97 Å². The van der Waals surface area contributed by atoms with Crippen LogP contribution < -0.4 is 0 Å². The summed E-state index contributed by atoms with van der Waals surface area (Å²) >= 11 is 13.2. The predicted molar refractivity (Wildman–Crippen MR) is 204 cm³/mol. The van der Waals surface area contributed by atoms with E-state index in [0.717, 1.165) is 54.4 Å². The first-order chi connectivity index (χ1) is 22.4. The van der Waals surface area contributed by atoms with Crippen molar-refractivity contribution in [1.82, 2.24) is 9.97 Å². The summed E-state index contributed by atoms with van der Waals surface area (Å²) in [6.07, 6.45) is 11.7. The lowest BCUT2D eigenvalue weighted by Gasteiger charge is -2.15. The van der Waals surface area contributed by atoms with E-state index in [1.54, 1.807) is 22.7 Å². The minimum atomic E-state index is -0.900. The van der Waals surface area contributed by atoms with Gasteiger partial charge in [0.25, 0.3) is 0 Å². The fourth-order valence-electron chi connectivity index (χ4n) is 5.63. The SMILES string of the molecule is CCCCCCc1ccc(-c2nc3c(-c4ccc(Br)s4)c(F)c(F)c(-c4ccc(Br)s4)c3nc2-c2ccc(CCCCCC)s2)s1. The number of nitrogens with zero attached hydrogens (tertiary/aromatic N) is 2. The Labute approximate surface area is 302 Å². The summed E-state index contributed by atoms with van der Waals surface area (Å²) in [6, 6.07) is 16.0. The Kier molecular flexibility index (Phi) is 11.5. The molecule has 0 bridgehead atoms. The Bertz CT molecular complexity index is 1820. The van der Waals surface area contributed by atoms with E-state index in [1.165, 1.54) is 71.0 Å². The molecule has 0 aliphatic carbocycles. The summed E-state index contributed by atoms with van der Waals surface area (Å²) in [6.45, 7) is 4.45. The van der Waals surface area contributed by atoms with E-state index >= 15 is 8.78 Å². The molecule has 10 heteroatoms. The number of fused-ring (bicyclic) bond motifs is 1. The first-order valence-electron chi connectivity index (χ1n) is 15.8. The van der Waals surface area contributed by atoms with Crippen LogP contribution in [0.3, 0.4) is 0 Å². The van der Waals surface area contributed by atoms with Crippen molar-refractivity contribution in [2.24, 2.45) is 0 Å². The van der Waals surface area contributed by atoms with Gasteiger partial charge in [-0.25, -0.2) is 18.7 Å². The van der Waals surface area contributed by atoms with Crippen LogP contribution in [-0.2, 0) is 12.8 Å². The van der Waals surface area contributed by atoms with Gasteiger partial charge in [-0.3, -0.25) is 0 Å². The second-order valence-corrected chi connectivity index (χ2v) is 18.6. The summed E-state index contributed by atoms with van der Waals surface area (Å²) in [7, 11) is 0. The molecule has 2 nitrogen and oxygen atoms in total. The van der Waals surface area contributed by atoms with Gasteiger partial charge < -0.3 is 0 Å². The van der Waals surface area contributed by atoms with Gasteiger partial charge in [-0.1, -0.05) is 52.4 Å². The molecule has 0 saturated carbocycles. The molecule has 0 aliphatic heterocycles. The highest BCUT2D eigenvalue weighted by Crippen LogP contribution is 2.47. The van der Waals surface area contributed by atoms with E-state index in [2.05, 4.69) is 70.0 Å². The van der Waals surface area contributed by atoms with Crippen LogP contribution in [0.4, 0.5) is 8.78 Å². The fourth-order valence-corrected chi connectivity index (χ4v) is 10.6. The Balaban J connectivity index is 1.57. The zero-order valence-electron chi connectivity index (χ0n) is 25.7. The third-order valence-corrected chi connectivity index (χ3v) is 13.6. The standard InChI is InChI=1S/C36H34Br2F2N2S4/c1-3-5-7-9-11-21-13-15-25(43-21)33-34(26-16-14-22(44-26)12-10-8-6-4-2)42-36-30(24-18-20-28(38)46-24)32(40)31(39)29(35(36)41-33)23-17-19-27(37)45-23/h13-20H,3-12H2,1-2H3. The molecule has 6 rings (SSSR count). The molecule has 240 valence electrons. The minimum absolute atomic E-state index is 0.155. The number of thiophene rings is 4. The van der Waals surface area contributed by atoms with Crippen LogP contribution >= 0.6 is 77.2 Å². The predicted octanol–water partition coefficient (Wildman–Crippen LogP) is 14.6. The molecule has 0 atom stereocenters. The van der Waals surface area contributed by atoms with Crippen molar-refractivity contribution in [2.75, 3.05) is 0 Å². The maximum atomic E-state index is 16.3. The maximum absolute atomic E-state index is 16.3. The molecule has 0 saturated heterocycles. The molecule has 0 fully saturated rings. The summed E-state index contributed by atoms with van der Waals surface area (Å²) in [4.78, 5) is 16.3. The van der Waals surface area contributed by atoms with Crippen LogP contribution in [0.5, 0.6) is 0 Å². The van der Waals surface area contributed by atoms with Gasteiger partial charge in [0.15, 0.2) is 11.6 Å². The molecule has 0 radical (unpaired) electrons. The Morgan fingerprint density at radius 2 is 0.935 bits per heavy atom. The highest BCUT2D eigenvalue weighted by Gasteiger charge is 2.28. The second kappa shape index (κ2) is 15.6. The van der Waals surface area contributed by atoms with Gasteiger partial charge in [-0.15, -0.1) is 45.3 Å². The molecule has 0 unspecified atom stereocenters. The monoisotopic (exact) mass is 818 g/mol. The number of aromatic nitrogens is 2. The zero-order chi connectivity index (χ0) is 32.2. The number of benzene rings is 1.